The van der Waals surface area contributed by atoms with Crippen molar-refractivity contribution in [2.75, 3.05) is 13.2 Å². The van der Waals surface area contributed by atoms with E-state index in [2.05, 4.69) is 11.8 Å². The molecule has 0 amide bonds. The standard InChI is InChI=1S/C14H19F2NO/c1-10-2-3-11(9-18)7-17(10)8-12-4-13(15)6-14(16)5-12/h4-6,10-11,18H,2-3,7-9H2,1H3. The van der Waals surface area contributed by atoms with Crippen molar-refractivity contribution in [2.45, 2.75) is 32.4 Å². The van der Waals surface area contributed by atoms with E-state index in [0.29, 0.717) is 18.2 Å². The van der Waals surface area contributed by atoms with E-state index < -0.39 is 11.6 Å². The van der Waals surface area contributed by atoms with Crippen molar-refractivity contribution in [2.24, 2.45) is 5.92 Å². The number of nitrogens with zero attached hydrogens (tertiary/aromatic N) is 1. The summed E-state index contributed by atoms with van der Waals surface area (Å²) in [5.41, 5.74) is 0.651. The van der Waals surface area contributed by atoms with Crippen LogP contribution in [-0.2, 0) is 6.54 Å². The number of piperidine rings is 1. The van der Waals surface area contributed by atoms with E-state index in [1.807, 2.05) is 0 Å². The van der Waals surface area contributed by atoms with E-state index in [1.165, 1.54) is 12.1 Å². The summed E-state index contributed by atoms with van der Waals surface area (Å²) in [6, 6.07) is 4.02. The van der Waals surface area contributed by atoms with Crippen LogP contribution in [0.4, 0.5) is 8.78 Å². The molecule has 0 radical (unpaired) electrons. The van der Waals surface area contributed by atoms with Crippen molar-refractivity contribution < 1.29 is 13.9 Å². The van der Waals surface area contributed by atoms with Gasteiger partial charge in [0.1, 0.15) is 11.6 Å². The average molecular weight is 255 g/mol. The molecule has 1 heterocycles. The number of aliphatic hydroxyl groups excluding tert-OH is 1. The maximum Gasteiger partial charge on any atom is 0.126 e. The molecule has 100 valence electrons. The molecule has 2 rings (SSSR count). The molecule has 0 bridgehead atoms. The monoisotopic (exact) mass is 255 g/mol. The van der Waals surface area contributed by atoms with Crippen LogP contribution in [0.5, 0.6) is 0 Å². The molecule has 0 spiro atoms. The van der Waals surface area contributed by atoms with Crippen LogP contribution in [0.2, 0.25) is 0 Å². The van der Waals surface area contributed by atoms with Crippen LogP contribution in [0, 0.1) is 17.6 Å². The summed E-state index contributed by atoms with van der Waals surface area (Å²) in [6.45, 7) is 3.62. The van der Waals surface area contributed by atoms with Gasteiger partial charge in [0.05, 0.1) is 0 Å². The molecule has 18 heavy (non-hydrogen) atoms. The summed E-state index contributed by atoms with van der Waals surface area (Å²) in [7, 11) is 0. The predicted octanol–water partition coefficient (Wildman–Crippen LogP) is 2.56. The van der Waals surface area contributed by atoms with Crippen molar-refractivity contribution in [3.8, 4) is 0 Å². The Morgan fingerprint density at radius 3 is 2.50 bits per heavy atom. The van der Waals surface area contributed by atoms with E-state index in [1.54, 1.807) is 0 Å². The fourth-order valence-electron chi connectivity index (χ4n) is 2.57. The maximum atomic E-state index is 13.1. The minimum atomic E-state index is -0.534. The number of hydrogen-bond acceptors (Lipinski definition) is 2. The van der Waals surface area contributed by atoms with Crippen molar-refractivity contribution in [3.05, 3.63) is 35.4 Å². The maximum absolute atomic E-state index is 13.1. The molecule has 2 nitrogen and oxygen atoms in total. The zero-order valence-electron chi connectivity index (χ0n) is 10.6. The normalized spacial score (nSPS) is 25.3. The third kappa shape index (κ3) is 3.27. The highest BCUT2D eigenvalue weighted by Crippen LogP contribution is 2.23. The Labute approximate surface area is 106 Å². The number of aliphatic hydroxyl groups is 1. The van der Waals surface area contributed by atoms with E-state index in [-0.39, 0.29) is 12.5 Å². The third-order valence-corrected chi connectivity index (χ3v) is 3.67. The van der Waals surface area contributed by atoms with Gasteiger partial charge in [0, 0.05) is 31.8 Å². The zero-order valence-corrected chi connectivity index (χ0v) is 10.6. The van der Waals surface area contributed by atoms with Crippen LogP contribution in [-0.4, -0.2) is 29.2 Å². The Morgan fingerprint density at radius 1 is 1.22 bits per heavy atom. The van der Waals surface area contributed by atoms with Crippen molar-refractivity contribution in [1.29, 1.82) is 0 Å². The second-order valence-electron chi connectivity index (χ2n) is 5.18. The highest BCUT2D eigenvalue weighted by atomic mass is 19.1. The number of rotatable bonds is 3. The first-order valence-electron chi connectivity index (χ1n) is 6.38. The lowest BCUT2D eigenvalue weighted by Gasteiger charge is -2.37. The quantitative estimate of drug-likeness (QED) is 0.897. The van der Waals surface area contributed by atoms with Crippen molar-refractivity contribution >= 4 is 0 Å². The largest absolute Gasteiger partial charge is 0.396 e. The van der Waals surface area contributed by atoms with Gasteiger partial charge in [0.2, 0.25) is 0 Å². The molecule has 1 aromatic carbocycles. The second kappa shape index (κ2) is 5.76. The minimum Gasteiger partial charge on any atom is -0.396 e. The van der Waals surface area contributed by atoms with Gasteiger partial charge in [-0.3, -0.25) is 4.90 Å². The van der Waals surface area contributed by atoms with E-state index >= 15 is 0 Å². The summed E-state index contributed by atoms with van der Waals surface area (Å²) in [4.78, 5) is 2.18. The van der Waals surface area contributed by atoms with Gasteiger partial charge in [-0.25, -0.2) is 8.78 Å². The molecule has 1 saturated heterocycles. The molecule has 0 aliphatic carbocycles. The average Bonchev–Trinajstić information content (AvgIpc) is 2.30. The van der Waals surface area contributed by atoms with Gasteiger partial charge in [0.15, 0.2) is 0 Å². The number of likely N-dealkylation sites (tertiary alicyclic amines) is 1. The minimum absolute atomic E-state index is 0.181. The second-order valence-corrected chi connectivity index (χ2v) is 5.18. The molecule has 4 heteroatoms. The highest BCUT2D eigenvalue weighted by molar-refractivity contribution is 5.18. The SMILES string of the molecule is CC1CCC(CO)CN1Cc1cc(F)cc(F)c1. The molecule has 1 aliphatic heterocycles. The van der Waals surface area contributed by atoms with Crippen molar-refractivity contribution in [1.82, 2.24) is 4.90 Å². The fraction of sp³-hybridized carbons (Fsp3) is 0.571. The number of benzene rings is 1. The fourth-order valence-corrected chi connectivity index (χ4v) is 2.57. The van der Waals surface area contributed by atoms with Crippen LogP contribution >= 0.6 is 0 Å². The lowest BCUT2D eigenvalue weighted by Crippen LogP contribution is -2.42. The highest BCUT2D eigenvalue weighted by Gasteiger charge is 2.25. The first-order valence-corrected chi connectivity index (χ1v) is 6.38. The first-order chi connectivity index (χ1) is 8.58. The summed E-state index contributed by atoms with van der Waals surface area (Å²) in [6.07, 6.45) is 2.04. The van der Waals surface area contributed by atoms with Gasteiger partial charge in [-0.2, -0.15) is 0 Å². The van der Waals surface area contributed by atoms with Gasteiger partial charge in [-0.05, 0) is 43.4 Å². The molecular formula is C14H19F2NO. The van der Waals surface area contributed by atoms with Crippen LogP contribution < -0.4 is 0 Å². The van der Waals surface area contributed by atoms with Crippen LogP contribution in [0.1, 0.15) is 25.3 Å². The summed E-state index contributed by atoms with van der Waals surface area (Å²) in [5.74, 6) is -0.790. The third-order valence-electron chi connectivity index (χ3n) is 3.67. The van der Waals surface area contributed by atoms with Gasteiger partial charge >= 0.3 is 0 Å². The lowest BCUT2D eigenvalue weighted by atomic mass is 9.93. The summed E-state index contributed by atoms with van der Waals surface area (Å²) >= 11 is 0. The Morgan fingerprint density at radius 2 is 1.89 bits per heavy atom. The summed E-state index contributed by atoms with van der Waals surface area (Å²) in [5, 5.41) is 9.20. The van der Waals surface area contributed by atoms with E-state index in [9.17, 15) is 13.9 Å². The summed E-state index contributed by atoms with van der Waals surface area (Å²) < 4.78 is 26.2. The predicted molar refractivity (Wildman–Crippen MR) is 66.0 cm³/mol. The molecule has 1 aliphatic rings. The number of halogens is 2. The molecule has 0 aromatic heterocycles. The Hall–Kier alpha value is -1.00. The molecule has 1 aromatic rings. The molecular weight excluding hydrogens is 236 g/mol. The first kappa shape index (κ1) is 13.4. The molecule has 0 saturated carbocycles. The van der Waals surface area contributed by atoms with E-state index in [4.69, 9.17) is 0 Å². The van der Waals surface area contributed by atoms with Crippen LogP contribution in [0.25, 0.3) is 0 Å². The van der Waals surface area contributed by atoms with Gasteiger partial charge < -0.3 is 5.11 Å². The lowest BCUT2D eigenvalue weighted by molar-refractivity contribution is 0.0770. The molecule has 1 fully saturated rings. The number of hydrogen-bond donors (Lipinski definition) is 1. The van der Waals surface area contributed by atoms with Gasteiger partial charge in [-0.1, -0.05) is 0 Å². The van der Waals surface area contributed by atoms with Crippen LogP contribution in [0.3, 0.4) is 0 Å². The Kier molecular flexibility index (Phi) is 4.30. The topological polar surface area (TPSA) is 23.5 Å². The smallest absolute Gasteiger partial charge is 0.126 e. The Balaban J connectivity index is 2.06. The molecule has 2 unspecified atom stereocenters. The molecule has 1 N–H and O–H groups in total. The van der Waals surface area contributed by atoms with Gasteiger partial charge in [0.25, 0.3) is 0 Å². The van der Waals surface area contributed by atoms with Gasteiger partial charge in [-0.15, -0.1) is 0 Å². The van der Waals surface area contributed by atoms with Crippen molar-refractivity contribution in [3.63, 3.8) is 0 Å². The Bertz CT molecular complexity index is 391. The van der Waals surface area contributed by atoms with E-state index in [0.717, 1.165) is 25.5 Å². The molecule has 2 atom stereocenters. The van der Waals surface area contributed by atoms with Crippen LogP contribution in [0.15, 0.2) is 18.2 Å². The zero-order chi connectivity index (χ0) is 13.1.